The minimum absolute atomic E-state index is 0.0189. The molecule has 4 aliphatic carbocycles. The van der Waals surface area contributed by atoms with Crippen LogP contribution < -0.4 is 20.9 Å². The van der Waals surface area contributed by atoms with Crippen LogP contribution in [0.3, 0.4) is 0 Å². The Labute approximate surface area is 260 Å². The van der Waals surface area contributed by atoms with Gasteiger partial charge in [-0.15, -0.1) is 0 Å². The predicted molar refractivity (Wildman–Crippen MR) is 163 cm³/mol. The van der Waals surface area contributed by atoms with Gasteiger partial charge in [-0.3, -0.25) is 14.4 Å². The fraction of sp³-hybridized carbons (Fsp3) is 0.758. The molecule has 1 heterocycles. The normalized spacial score (nSPS) is 33.7. The minimum Gasteiger partial charge on any atom is -0.484 e. The van der Waals surface area contributed by atoms with Gasteiger partial charge in [0.25, 0.3) is 11.8 Å². The zero-order valence-corrected chi connectivity index (χ0v) is 26.7. The number of benzene rings is 1. The zero-order chi connectivity index (χ0) is 30.9. The van der Waals surface area contributed by atoms with Crippen molar-refractivity contribution in [3.63, 3.8) is 0 Å². The van der Waals surface area contributed by atoms with Gasteiger partial charge < -0.3 is 20.5 Å². The van der Waals surface area contributed by atoms with E-state index in [9.17, 15) is 19.1 Å². The van der Waals surface area contributed by atoms with Crippen molar-refractivity contribution in [2.75, 3.05) is 6.61 Å². The van der Waals surface area contributed by atoms with E-state index in [4.69, 9.17) is 21.2 Å². The predicted octanol–water partition coefficient (Wildman–Crippen LogP) is 5.74. The molecule has 5 aliphatic rings. The molecule has 6 rings (SSSR count). The first-order valence-electron chi connectivity index (χ1n) is 16.2. The van der Waals surface area contributed by atoms with Gasteiger partial charge in [0, 0.05) is 24.1 Å². The van der Waals surface area contributed by atoms with Crippen molar-refractivity contribution in [3.8, 4) is 5.75 Å². The Morgan fingerprint density at radius 3 is 2.28 bits per heavy atom. The quantitative estimate of drug-likeness (QED) is 0.309. The molecule has 0 radical (unpaired) electrons. The van der Waals surface area contributed by atoms with E-state index in [0.29, 0.717) is 38.5 Å². The number of rotatable bonds is 7. The number of ether oxygens (including phenoxy) is 1. The first kappa shape index (κ1) is 32.5. The average Bonchev–Trinajstić information content (AvgIpc) is 3.47. The third-order valence-electron chi connectivity index (χ3n) is 10.7. The Bertz CT molecular complexity index is 1160. The molecule has 4 saturated carbocycles. The zero-order valence-electron chi connectivity index (χ0n) is 25.9. The lowest BCUT2D eigenvalue weighted by molar-refractivity contribution is -0.164. The standard InChI is InChI=1S/C33H49ClFN3O5/c1-30(2,3)26-19-33(43-38-26,22-10-8-6-4-5-7-9-11-22)29(41)37-31-14-16-32(17-15-31,27(39)20-31)36-28(40)21-42-23-12-13-24(34)25(35)18-23/h12-13,18,22,26-27,38-39H,4-11,14-17,19-21H2,1-3H3,(H,36,40)(H,37,41). The van der Waals surface area contributed by atoms with Crippen LogP contribution in [-0.2, 0) is 14.4 Å². The molecule has 0 spiro atoms. The number of hydrogen-bond acceptors (Lipinski definition) is 6. The molecule has 4 N–H and O–H groups in total. The summed E-state index contributed by atoms with van der Waals surface area (Å²) in [6, 6.07) is 4.07. The van der Waals surface area contributed by atoms with Gasteiger partial charge in [-0.1, -0.05) is 70.9 Å². The first-order chi connectivity index (χ1) is 20.4. The monoisotopic (exact) mass is 621 g/mol. The number of nitrogens with one attached hydrogen (secondary N) is 3. The van der Waals surface area contributed by atoms with Gasteiger partial charge in [-0.05, 0) is 68.4 Å². The van der Waals surface area contributed by atoms with Crippen molar-refractivity contribution < 1.29 is 28.7 Å². The highest BCUT2D eigenvalue weighted by atomic mass is 35.5. The summed E-state index contributed by atoms with van der Waals surface area (Å²) in [7, 11) is 0. The van der Waals surface area contributed by atoms with Crippen molar-refractivity contribution in [2.45, 2.75) is 139 Å². The molecule has 1 saturated heterocycles. The number of halogens is 2. The second kappa shape index (κ2) is 12.8. The number of aliphatic hydroxyl groups is 1. The molecule has 3 unspecified atom stereocenters. The van der Waals surface area contributed by atoms with Crippen molar-refractivity contribution >= 4 is 23.4 Å². The van der Waals surface area contributed by atoms with E-state index in [1.54, 1.807) is 0 Å². The maximum absolute atomic E-state index is 14.4. The molecule has 5 fully saturated rings. The molecule has 1 aliphatic heterocycles. The molecule has 0 aromatic heterocycles. The van der Waals surface area contributed by atoms with Crippen LogP contribution in [0.4, 0.5) is 4.39 Å². The van der Waals surface area contributed by atoms with Crippen LogP contribution in [0.1, 0.15) is 111 Å². The van der Waals surface area contributed by atoms with Crippen molar-refractivity contribution in [3.05, 3.63) is 29.0 Å². The van der Waals surface area contributed by atoms with Crippen LogP contribution in [0.2, 0.25) is 5.02 Å². The number of carbonyl (C=O) groups is 2. The van der Waals surface area contributed by atoms with Gasteiger partial charge in [0.15, 0.2) is 12.2 Å². The summed E-state index contributed by atoms with van der Waals surface area (Å²) in [4.78, 5) is 33.7. The Morgan fingerprint density at radius 2 is 1.70 bits per heavy atom. The number of amides is 2. The molecule has 1 aromatic rings. The fourth-order valence-corrected chi connectivity index (χ4v) is 7.87. The van der Waals surface area contributed by atoms with Crippen LogP contribution in [0.5, 0.6) is 5.75 Å². The van der Waals surface area contributed by atoms with E-state index in [1.807, 2.05) is 0 Å². The van der Waals surface area contributed by atoms with E-state index in [1.165, 1.54) is 37.8 Å². The van der Waals surface area contributed by atoms with E-state index in [2.05, 4.69) is 36.9 Å². The topological polar surface area (TPSA) is 109 Å². The number of aliphatic hydroxyl groups excluding tert-OH is 1. The van der Waals surface area contributed by atoms with Gasteiger partial charge >= 0.3 is 0 Å². The molecule has 2 bridgehead atoms. The fourth-order valence-electron chi connectivity index (χ4n) is 7.76. The SMILES string of the molecule is CC(C)(C)C1CC(C(=O)NC23CCC(NC(=O)COc4ccc(Cl)c(F)c4)(CC2)C(O)C3)(C2CCCCCCCC2)ON1. The molecule has 240 valence electrons. The Balaban J connectivity index is 1.25. The van der Waals surface area contributed by atoms with Crippen LogP contribution in [-0.4, -0.2) is 52.4 Å². The van der Waals surface area contributed by atoms with Gasteiger partial charge in [-0.2, -0.15) is 5.48 Å². The van der Waals surface area contributed by atoms with Crippen molar-refractivity contribution in [1.29, 1.82) is 0 Å². The van der Waals surface area contributed by atoms with Gasteiger partial charge in [0.05, 0.1) is 16.7 Å². The molecular formula is C33H49ClFN3O5. The van der Waals surface area contributed by atoms with Gasteiger partial charge in [0.1, 0.15) is 11.6 Å². The summed E-state index contributed by atoms with van der Waals surface area (Å²) in [5.41, 5.74) is 0.931. The molecule has 43 heavy (non-hydrogen) atoms. The maximum Gasteiger partial charge on any atom is 0.258 e. The summed E-state index contributed by atoms with van der Waals surface area (Å²) in [5, 5.41) is 17.8. The molecule has 8 nitrogen and oxygen atoms in total. The summed E-state index contributed by atoms with van der Waals surface area (Å²) < 4.78 is 19.2. The lowest BCUT2D eigenvalue weighted by Crippen LogP contribution is -2.71. The second-order valence-corrected chi connectivity index (χ2v) is 15.1. The lowest BCUT2D eigenvalue weighted by Gasteiger charge is -2.56. The van der Waals surface area contributed by atoms with E-state index in [-0.39, 0.29) is 46.6 Å². The van der Waals surface area contributed by atoms with E-state index in [0.717, 1.165) is 31.7 Å². The number of carbonyl (C=O) groups excluding carboxylic acids is 2. The molecule has 10 heteroatoms. The summed E-state index contributed by atoms with van der Waals surface area (Å²) in [5.74, 6) is -0.733. The van der Waals surface area contributed by atoms with E-state index < -0.39 is 28.6 Å². The van der Waals surface area contributed by atoms with Crippen LogP contribution in [0, 0.1) is 17.2 Å². The highest BCUT2D eigenvalue weighted by molar-refractivity contribution is 6.30. The lowest BCUT2D eigenvalue weighted by atomic mass is 9.59. The van der Waals surface area contributed by atoms with E-state index >= 15 is 0 Å². The van der Waals surface area contributed by atoms with Crippen LogP contribution in [0.25, 0.3) is 0 Å². The first-order valence-corrected chi connectivity index (χ1v) is 16.6. The highest BCUT2D eigenvalue weighted by Gasteiger charge is 2.59. The van der Waals surface area contributed by atoms with Gasteiger partial charge in [-0.25, -0.2) is 4.39 Å². The second-order valence-electron chi connectivity index (χ2n) is 14.7. The van der Waals surface area contributed by atoms with Crippen LogP contribution >= 0.6 is 11.6 Å². The summed E-state index contributed by atoms with van der Waals surface area (Å²) in [6.07, 6.45) is 11.6. The Hall–Kier alpha value is -1.94. The highest BCUT2D eigenvalue weighted by Crippen LogP contribution is 2.49. The molecule has 3 atom stereocenters. The average molecular weight is 622 g/mol. The maximum atomic E-state index is 14.4. The molecule has 2 amide bonds. The third kappa shape index (κ3) is 7.00. The molecular weight excluding hydrogens is 573 g/mol. The minimum atomic E-state index is -0.944. The number of fused-ring (bicyclic) bond motifs is 3. The third-order valence-corrected chi connectivity index (χ3v) is 11.0. The van der Waals surface area contributed by atoms with Gasteiger partial charge in [0.2, 0.25) is 0 Å². The van der Waals surface area contributed by atoms with Crippen LogP contribution in [0.15, 0.2) is 18.2 Å². The van der Waals surface area contributed by atoms with Crippen molar-refractivity contribution in [2.24, 2.45) is 11.3 Å². The number of hydroxylamine groups is 1. The Morgan fingerprint density at radius 1 is 1.05 bits per heavy atom. The largest absolute Gasteiger partial charge is 0.484 e. The van der Waals surface area contributed by atoms with Crippen molar-refractivity contribution in [1.82, 2.24) is 16.1 Å². The number of hydrogen-bond donors (Lipinski definition) is 4. The Kier molecular flexibility index (Phi) is 9.67. The smallest absolute Gasteiger partial charge is 0.258 e. The molecule has 1 aromatic carbocycles. The summed E-state index contributed by atoms with van der Waals surface area (Å²) >= 11 is 5.73. The summed E-state index contributed by atoms with van der Waals surface area (Å²) in [6.45, 7) is 6.22.